The first-order chi connectivity index (χ1) is 63.1. The summed E-state index contributed by atoms with van der Waals surface area (Å²) < 4.78 is 13.8. The fourth-order valence-electron chi connectivity index (χ4n) is 18.8. The molecule has 6 heterocycles. The summed E-state index contributed by atoms with van der Waals surface area (Å²) in [5, 5.41) is 4.90. The highest BCUT2D eigenvalue weighted by Gasteiger charge is 2.43. The second-order valence-corrected chi connectivity index (χ2v) is 35.4. The molecule has 0 aliphatic heterocycles. The molecule has 6 aromatic carbocycles. The van der Waals surface area contributed by atoms with E-state index >= 15 is 0 Å². The first kappa shape index (κ1) is 95.6. The molecule has 32 nitrogen and oxygen atoms in total. The number of hydrogen-bond donors (Lipinski definition) is 6. The van der Waals surface area contributed by atoms with Crippen molar-refractivity contribution in [3.8, 4) is 0 Å². The monoisotopic (exact) mass is 1800 g/mol. The van der Waals surface area contributed by atoms with E-state index in [2.05, 4.69) is 74.7 Å². The van der Waals surface area contributed by atoms with Crippen molar-refractivity contribution in [1.29, 1.82) is 0 Å². The minimum absolute atomic E-state index is 0.00426. The van der Waals surface area contributed by atoms with Crippen LogP contribution >= 0.6 is 0 Å². The molecule has 0 spiro atoms. The molecule has 0 radical (unpaired) electrons. The fourth-order valence-corrected chi connectivity index (χ4v) is 18.8. The number of anilines is 6. The molecule has 6 aliphatic rings. The number of nitrogens with one attached hydrogen (secondary N) is 1. The third kappa shape index (κ3) is 19.2. The first-order valence-electron chi connectivity index (χ1n) is 43.9. The van der Waals surface area contributed by atoms with Gasteiger partial charge >= 0.3 is 0 Å². The van der Waals surface area contributed by atoms with Gasteiger partial charge in [0.25, 0.3) is 33.4 Å². The summed E-state index contributed by atoms with van der Waals surface area (Å²) in [6.07, 6.45) is 9.77. The quantitative estimate of drug-likeness (QED) is 0.0577. The number of methoxy groups -OCH3 is 1. The molecule has 133 heavy (non-hydrogen) atoms. The molecular formula is C101H110N18O14. The molecule has 6 fully saturated rings. The highest BCUT2D eigenvalue weighted by Crippen LogP contribution is 2.39. The number of amides is 1. The van der Waals surface area contributed by atoms with Crippen molar-refractivity contribution in [2.24, 2.45) is 0 Å². The molecule has 0 bridgehead atoms. The normalized spacial score (nSPS) is 19.9. The Hall–Kier alpha value is -15.0. The second kappa shape index (κ2) is 39.0. The number of Topliss-reactive ketones (excluding diaryl/α,β-unsaturated/α-hetero) is 6. The molecule has 688 valence electrons. The number of carbonyl (C=O) groups excluding carboxylic acids is 7. The van der Waals surface area contributed by atoms with Crippen molar-refractivity contribution in [2.75, 3.05) is 47.7 Å². The van der Waals surface area contributed by atoms with E-state index in [-0.39, 0.29) is 87.0 Å². The highest BCUT2D eigenvalue weighted by atomic mass is 16.5. The average molecular weight is 1800 g/mol. The summed E-state index contributed by atoms with van der Waals surface area (Å²) in [6, 6.07) is 29.2. The van der Waals surface area contributed by atoms with E-state index in [1.165, 1.54) is 34.5 Å². The van der Waals surface area contributed by atoms with Crippen LogP contribution in [0.1, 0.15) is 189 Å². The number of nitrogens with zero attached hydrogens (tertiary/aromatic N) is 12. The number of hydrogen-bond acceptors (Lipinski definition) is 25. The van der Waals surface area contributed by atoms with E-state index in [4.69, 9.17) is 33.4 Å². The van der Waals surface area contributed by atoms with Gasteiger partial charge in [0.1, 0.15) is 52.6 Å². The Morgan fingerprint density at radius 2 is 0.579 bits per heavy atom. The van der Waals surface area contributed by atoms with Crippen molar-refractivity contribution in [3.05, 3.63) is 279 Å². The number of nitrogens with two attached hydrogens (primary N) is 5. The number of ketones is 6. The highest BCUT2D eigenvalue weighted by molar-refractivity contribution is 6.02. The third-order valence-electron chi connectivity index (χ3n) is 25.7. The lowest BCUT2D eigenvalue weighted by Crippen LogP contribution is -2.48. The molecule has 11 N–H and O–H groups in total. The van der Waals surface area contributed by atoms with E-state index in [1.54, 1.807) is 151 Å². The lowest BCUT2D eigenvalue weighted by molar-refractivity contribution is -0.128. The number of benzene rings is 6. The second-order valence-electron chi connectivity index (χ2n) is 35.4. The summed E-state index contributed by atoms with van der Waals surface area (Å²) in [6.45, 7) is 37.2. The van der Waals surface area contributed by atoms with Crippen LogP contribution in [-0.2, 0) is 49.4 Å². The van der Waals surface area contributed by atoms with Gasteiger partial charge in [0.2, 0.25) is 5.91 Å². The molecule has 32 heteroatoms. The van der Waals surface area contributed by atoms with Gasteiger partial charge in [0, 0.05) is 74.1 Å². The smallest absolute Gasteiger partial charge is 0.264 e. The van der Waals surface area contributed by atoms with E-state index in [9.17, 15) is 62.3 Å². The predicted octanol–water partition coefficient (Wildman–Crippen LogP) is 13.2. The lowest BCUT2D eigenvalue weighted by atomic mass is 9.79. The molecule has 12 aromatic rings. The predicted molar refractivity (Wildman–Crippen MR) is 518 cm³/mol. The summed E-state index contributed by atoms with van der Waals surface area (Å²) >= 11 is 0. The standard InChI is InChI=1S/C19H21N3O4.2C17H19N3O2.3C16H17N3O2/c1-11-7-8-15(16(23)9-11)22-12(2)20-13-5-4-6-14(18(13)19(22)25)21-17(24)10-26-3;2*1-10-7-8-17(3,14(21)9-10)20-11(2)19-13-6-4-5-12(18)15(13)16(20)22;3*1-9-6-7-13(14(20)8-9)19-10(2)18-12-5-3-4-11(17)15(12)16(19)21/h4-6,15H,1,7-10H2,2-3H3,(H,21,24);2*4-6H,1,7-9,18H2,2-3H3;3*3-5,13H,1,6-8,17H2,2H3/t;2*17-;2*13-;/m.1010./s1. The van der Waals surface area contributed by atoms with E-state index in [0.717, 1.165) is 65.5 Å². The topological polar surface area (TPSA) is 480 Å². The summed E-state index contributed by atoms with van der Waals surface area (Å²) in [5.41, 5.74) is 37.5. The van der Waals surface area contributed by atoms with Gasteiger partial charge in [0.15, 0.2) is 34.7 Å². The Morgan fingerprint density at radius 1 is 0.346 bits per heavy atom. The van der Waals surface area contributed by atoms with Crippen molar-refractivity contribution >= 4 is 140 Å². The van der Waals surface area contributed by atoms with Gasteiger partial charge in [-0.25, -0.2) is 29.9 Å². The van der Waals surface area contributed by atoms with Gasteiger partial charge in [-0.2, -0.15) is 0 Å². The molecule has 1 amide bonds. The number of allylic oxidation sites excluding steroid dienone is 6. The maximum Gasteiger partial charge on any atom is 0.264 e. The van der Waals surface area contributed by atoms with Crippen LogP contribution in [0.5, 0.6) is 0 Å². The van der Waals surface area contributed by atoms with E-state index in [1.807, 2.05) is 13.8 Å². The Balaban J connectivity index is 0.000000136. The first-order valence-corrected chi connectivity index (χ1v) is 43.9. The largest absolute Gasteiger partial charge is 0.398 e. The van der Waals surface area contributed by atoms with Gasteiger partial charge in [-0.1, -0.05) is 109 Å². The number of rotatable bonds is 9. The summed E-state index contributed by atoms with van der Waals surface area (Å²) in [7, 11) is 1.42. The number of fused-ring (bicyclic) bond motifs is 6. The maximum atomic E-state index is 13.2. The fraction of sp³-hybridized carbons (Fsp3) is 0.337. The van der Waals surface area contributed by atoms with Crippen LogP contribution in [0.2, 0.25) is 0 Å². The summed E-state index contributed by atoms with van der Waals surface area (Å²) in [4.78, 5) is 190. The Labute approximate surface area is 764 Å². The zero-order valence-electron chi connectivity index (χ0n) is 76.3. The van der Waals surface area contributed by atoms with Crippen LogP contribution in [-0.4, -0.2) is 112 Å². The van der Waals surface area contributed by atoms with Crippen LogP contribution in [0.15, 0.2) is 211 Å². The molecule has 6 atom stereocenters. The van der Waals surface area contributed by atoms with Crippen molar-refractivity contribution < 1.29 is 38.3 Å². The SMILES string of the molecule is C=C1CCC(n2c(C)nc3cccc(N)c3c2=O)C(=O)C1.C=C1CCC(n2c(C)nc3cccc(NC(=O)COC)c3c2=O)C(=O)C1.C=C1CC[C@@H](n2c(C)nc3cccc(N)c3c2=O)C(=O)C1.C=C1CC[C@@](C)(n2c(C)nc3cccc(N)c3c2=O)C(=O)C1.C=C1CC[C@H](n2c(C)nc3cccc(N)c3c2=O)C(=O)C1.C=C1CC[C@](C)(n2c(C)nc3cccc(N)c3c2=O)C(=O)C1. The number of aromatic nitrogens is 12. The maximum absolute atomic E-state index is 13.2. The van der Waals surface area contributed by atoms with E-state index < -0.39 is 35.2 Å². The Morgan fingerprint density at radius 3 is 0.835 bits per heavy atom. The van der Waals surface area contributed by atoms with Crippen LogP contribution in [0.3, 0.4) is 0 Å². The van der Waals surface area contributed by atoms with Crippen LogP contribution in [0.25, 0.3) is 65.4 Å². The van der Waals surface area contributed by atoms with Crippen molar-refractivity contribution in [2.45, 2.75) is 206 Å². The van der Waals surface area contributed by atoms with Crippen LogP contribution < -0.4 is 67.3 Å². The molecule has 6 saturated carbocycles. The van der Waals surface area contributed by atoms with Gasteiger partial charge in [-0.15, -0.1) is 0 Å². The number of aryl methyl sites for hydroxylation is 6. The zero-order valence-corrected chi connectivity index (χ0v) is 76.3. The van der Waals surface area contributed by atoms with Gasteiger partial charge in [0.05, 0.1) is 95.3 Å². The Bertz CT molecular complexity index is 6910. The number of nitrogen functional groups attached to an aromatic ring is 5. The van der Waals surface area contributed by atoms with Gasteiger partial charge in [-0.3, -0.25) is 89.7 Å². The van der Waals surface area contributed by atoms with Crippen LogP contribution in [0.4, 0.5) is 34.1 Å². The molecule has 6 aliphatic carbocycles. The van der Waals surface area contributed by atoms with Crippen molar-refractivity contribution in [1.82, 2.24) is 57.3 Å². The number of carbonyl (C=O) groups is 7. The zero-order chi connectivity index (χ0) is 96.4. The van der Waals surface area contributed by atoms with Gasteiger partial charge < -0.3 is 38.7 Å². The Kier molecular flexibility index (Phi) is 28.0. The van der Waals surface area contributed by atoms with E-state index in [0.29, 0.717) is 212 Å². The molecule has 18 rings (SSSR count). The molecular weight excluding hydrogens is 1690 g/mol. The third-order valence-corrected chi connectivity index (χ3v) is 25.7. The average Bonchev–Trinajstić information content (AvgIpc) is 0.732. The minimum atomic E-state index is -0.883. The van der Waals surface area contributed by atoms with Crippen LogP contribution in [0, 0.1) is 41.5 Å². The molecule has 2 unspecified atom stereocenters. The molecule has 6 aromatic heterocycles. The minimum Gasteiger partial charge on any atom is -0.398 e. The van der Waals surface area contributed by atoms with Crippen molar-refractivity contribution in [3.63, 3.8) is 0 Å². The molecule has 0 saturated heterocycles. The summed E-state index contributed by atoms with van der Waals surface area (Å²) in [5.74, 6) is 2.86. The van der Waals surface area contributed by atoms with Gasteiger partial charge in [-0.05, 0) is 205 Å². The lowest BCUT2D eigenvalue weighted by Gasteiger charge is -2.35. The number of ether oxygens (including phenoxy) is 1.